The Balaban J connectivity index is 2.67. The van der Waals surface area contributed by atoms with Crippen LogP contribution in [0.1, 0.15) is 0 Å². The van der Waals surface area contributed by atoms with Crippen LogP contribution in [0.25, 0.3) is 11.3 Å². The van der Waals surface area contributed by atoms with Crippen LogP contribution in [-0.4, -0.2) is 17.1 Å². The van der Waals surface area contributed by atoms with Gasteiger partial charge >= 0.3 is 0 Å². The van der Waals surface area contributed by atoms with Gasteiger partial charge in [0, 0.05) is 16.7 Å². The fraction of sp³-hybridized carbons (Fsp3) is 0.0909. The Morgan fingerprint density at radius 1 is 1.22 bits per heavy atom. The molecule has 1 aromatic carbocycles. The van der Waals surface area contributed by atoms with Crippen LogP contribution in [-0.2, 0) is 0 Å². The van der Waals surface area contributed by atoms with E-state index in [9.17, 15) is 0 Å². The molecule has 0 amide bonds. The average molecular weight is 285 g/mol. The van der Waals surface area contributed by atoms with Crippen LogP contribution < -0.4 is 16.2 Å². The summed E-state index contributed by atoms with van der Waals surface area (Å²) in [6, 6.07) is 3.25. The molecule has 2 rings (SSSR count). The van der Waals surface area contributed by atoms with E-state index in [1.807, 2.05) is 0 Å². The molecule has 0 unspecified atom stereocenters. The Kier molecular flexibility index (Phi) is 3.45. The van der Waals surface area contributed by atoms with Gasteiger partial charge in [-0.25, -0.2) is 9.97 Å². The van der Waals surface area contributed by atoms with Crippen LogP contribution in [0.4, 0.5) is 11.6 Å². The fourth-order valence-electron chi connectivity index (χ4n) is 1.51. The van der Waals surface area contributed by atoms with Gasteiger partial charge in [-0.05, 0) is 6.07 Å². The van der Waals surface area contributed by atoms with E-state index in [4.69, 9.17) is 39.4 Å². The molecule has 1 heterocycles. The Labute approximate surface area is 114 Å². The van der Waals surface area contributed by atoms with Crippen LogP contribution in [0, 0.1) is 0 Å². The Bertz CT molecular complexity index is 604. The van der Waals surface area contributed by atoms with Crippen molar-refractivity contribution in [1.82, 2.24) is 9.97 Å². The summed E-state index contributed by atoms with van der Waals surface area (Å²) in [5.41, 5.74) is 12.2. The third kappa shape index (κ3) is 2.27. The SMILES string of the molecule is COc1cc(Cl)cc(-c2ncc(N)nc2N)c1Cl. The van der Waals surface area contributed by atoms with Gasteiger partial charge in [0.25, 0.3) is 0 Å². The summed E-state index contributed by atoms with van der Waals surface area (Å²) in [6.45, 7) is 0. The second kappa shape index (κ2) is 4.88. The van der Waals surface area contributed by atoms with Gasteiger partial charge in [-0.3, -0.25) is 0 Å². The van der Waals surface area contributed by atoms with E-state index in [-0.39, 0.29) is 11.6 Å². The summed E-state index contributed by atoms with van der Waals surface area (Å²) in [4.78, 5) is 8.04. The standard InChI is InChI=1S/C11H10Cl2N4O/c1-18-7-3-5(12)2-6(9(7)13)10-11(15)17-8(14)4-16-10/h2-4H,1H3,(H4,14,15,17). The van der Waals surface area contributed by atoms with Gasteiger partial charge in [0.2, 0.25) is 0 Å². The first-order chi connectivity index (χ1) is 8.52. The molecule has 7 heteroatoms. The quantitative estimate of drug-likeness (QED) is 0.885. The normalized spacial score (nSPS) is 10.4. The van der Waals surface area contributed by atoms with Crippen LogP contribution in [0.2, 0.25) is 10.0 Å². The number of nitrogens with zero attached hydrogens (tertiary/aromatic N) is 2. The molecule has 5 nitrogen and oxygen atoms in total. The third-order valence-corrected chi connectivity index (χ3v) is 2.91. The fourth-order valence-corrected chi connectivity index (χ4v) is 1.99. The second-order valence-electron chi connectivity index (χ2n) is 3.50. The molecule has 0 radical (unpaired) electrons. The number of benzene rings is 1. The lowest BCUT2D eigenvalue weighted by Crippen LogP contribution is -2.01. The number of aromatic nitrogens is 2. The summed E-state index contributed by atoms with van der Waals surface area (Å²) in [5, 5.41) is 0.831. The molecule has 0 spiro atoms. The molecule has 0 aliphatic rings. The molecule has 0 saturated carbocycles. The predicted octanol–water partition coefficient (Wildman–Crippen LogP) is 2.62. The summed E-state index contributed by atoms with van der Waals surface area (Å²) < 4.78 is 5.12. The van der Waals surface area contributed by atoms with Crippen LogP contribution in [0.15, 0.2) is 18.3 Å². The van der Waals surface area contributed by atoms with Crippen molar-refractivity contribution in [3.63, 3.8) is 0 Å². The number of hydrogen-bond acceptors (Lipinski definition) is 5. The molecule has 4 N–H and O–H groups in total. The molecule has 94 valence electrons. The van der Waals surface area contributed by atoms with Gasteiger partial charge in [0.15, 0.2) is 5.82 Å². The minimum Gasteiger partial charge on any atom is -0.495 e. The van der Waals surface area contributed by atoms with Gasteiger partial charge in [0.05, 0.1) is 18.3 Å². The molecule has 0 aliphatic carbocycles. The Morgan fingerprint density at radius 2 is 1.94 bits per heavy atom. The lowest BCUT2D eigenvalue weighted by atomic mass is 10.1. The van der Waals surface area contributed by atoms with Crippen molar-refractivity contribution in [1.29, 1.82) is 0 Å². The number of anilines is 2. The van der Waals surface area contributed by atoms with Gasteiger partial charge in [-0.1, -0.05) is 23.2 Å². The van der Waals surface area contributed by atoms with Crippen LogP contribution >= 0.6 is 23.2 Å². The first-order valence-electron chi connectivity index (χ1n) is 4.94. The zero-order valence-corrected chi connectivity index (χ0v) is 11.0. The molecular formula is C11H10Cl2N4O. The van der Waals surface area contributed by atoms with E-state index in [0.29, 0.717) is 27.1 Å². The minimum atomic E-state index is 0.182. The molecular weight excluding hydrogens is 275 g/mol. The van der Waals surface area contributed by atoms with Crippen molar-refractivity contribution in [2.75, 3.05) is 18.6 Å². The summed E-state index contributed by atoms with van der Waals surface area (Å²) >= 11 is 12.2. The average Bonchev–Trinajstić information content (AvgIpc) is 2.32. The highest BCUT2D eigenvalue weighted by Crippen LogP contribution is 2.38. The maximum atomic E-state index is 6.19. The summed E-state index contributed by atoms with van der Waals surface area (Å²) in [7, 11) is 1.50. The number of hydrogen-bond donors (Lipinski definition) is 2. The molecule has 18 heavy (non-hydrogen) atoms. The molecule has 0 atom stereocenters. The van der Waals surface area contributed by atoms with Crippen molar-refractivity contribution in [2.24, 2.45) is 0 Å². The first kappa shape index (κ1) is 12.7. The number of nitrogens with two attached hydrogens (primary N) is 2. The van der Waals surface area contributed by atoms with Crippen LogP contribution in [0.3, 0.4) is 0 Å². The van der Waals surface area contributed by atoms with Crippen LogP contribution in [0.5, 0.6) is 5.75 Å². The van der Waals surface area contributed by atoms with Gasteiger partial charge in [-0.15, -0.1) is 0 Å². The van der Waals surface area contributed by atoms with Gasteiger partial charge in [-0.2, -0.15) is 0 Å². The summed E-state index contributed by atoms with van der Waals surface area (Å²) in [5.74, 6) is 0.861. The van der Waals surface area contributed by atoms with Crippen molar-refractivity contribution in [3.05, 3.63) is 28.4 Å². The van der Waals surface area contributed by atoms with E-state index in [1.165, 1.54) is 13.3 Å². The molecule has 0 aliphatic heterocycles. The number of halogens is 2. The van der Waals surface area contributed by atoms with Gasteiger partial charge in [0.1, 0.15) is 17.3 Å². The lowest BCUT2D eigenvalue weighted by molar-refractivity contribution is 0.415. The van der Waals surface area contributed by atoms with Crippen molar-refractivity contribution >= 4 is 34.8 Å². The summed E-state index contributed by atoms with van der Waals surface area (Å²) in [6.07, 6.45) is 1.40. The molecule has 0 bridgehead atoms. The number of nitrogen functional groups attached to an aromatic ring is 2. The highest BCUT2D eigenvalue weighted by molar-refractivity contribution is 6.36. The van der Waals surface area contributed by atoms with E-state index in [1.54, 1.807) is 12.1 Å². The highest BCUT2D eigenvalue weighted by Gasteiger charge is 2.15. The molecule has 0 saturated heterocycles. The Hall–Kier alpha value is -1.72. The highest BCUT2D eigenvalue weighted by atomic mass is 35.5. The molecule has 2 aromatic rings. The number of rotatable bonds is 2. The molecule has 1 aromatic heterocycles. The van der Waals surface area contributed by atoms with E-state index < -0.39 is 0 Å². The topological polar surface area (TPSA) is 87.0 Å². The maximum absolute atomic E-state index is 6.19. The lowest BCUT2D eigenvalue weighted by Gasteiger charge is -2.10. The number of ether oxygens (including phenoxy) is 1. The van der Waals surface area contributed by atoms with E-state index >= 15 is 0 Å². The monoisotopic (exact) mass is 284 g/mol. The van der Waals surface area contributed by atoms with E-state index in [0.717, 1.165) is 0 Å². The smallest absolute Gasteiger partial charge is 0.152 e. The number of methoxy groups -OCH3 is 1. The van der Waals surface area contributed by atoms with Crippen molar-refractivity contribution in [3.8, 4) is 17.0 Å². The Morgan fingerprint density at radius 3 is 2.56 bits per heavy atom. The largest absolute Gasteiger partial charge is 0.495 e. The third-order valence-electron chi connectivity index (χ3n) is 2.30. The van der Waals surface area contributed by atoms with Crippen molar-refractivity contribution < 1.29 is 4.74 Å². The molecule has 0 fully saturated rings. The van der Waals surface area contributed by atoms with Gasteiger partial charge < -0.3 is 16.2 Å². The maximum Gasteiger partial charge on any atom is 0.152 e. The predicted molar refractivity (Wildman–Crippen MR) is 72.9 cm³/mol. The van der Waals surface area contributed by atoms with E-state index in [2.05, 4.69) is 9.97 Å². The second-order valence-corrected chi connectivity index (χ2v) is 4.31. The zero-order chi connectivity index (χ0) is 13.3. The van der Waals surface area contributed by atoms with Crippen molar-refractivity contribution in [2.45, 2.75) is 0 Å². The first-order valence-corrected chi connectivity index (χ1v) is 5.70. The minimum absolute atomic E-state index is 0.182. The zero-order valence-electron chi connectivity index (χ0n) is 9.45.